The number of hydrogen-bond acceptors (Lipinski definition) is 2. The third-order valence-electron chi connectivity index (χ3n) is 2.39. The molecule has 0 saturated heterocycles. The lowest BCUT2D eigenvalue weighted by Gasteiger charge is -2.05. The predicted molar refractivity (Wildman–Crippen MR) is 66.1 cm³/mol. The Morgan fingerprint density at radius 3 is 2.73 bits per heavy atom. The van der Waals surface area contributed by atoms with E-state index in [1.807, 2.05) is 18.2 Å². The lowest BCUT2D eigenvalue weighted by Crippen LogP contribution is -2.02. The molecule has 78 valence electrons. The van der Waals surface area contributed by atoms with Crippen molar-refractivity contribution in [3.8, 4) is 5.75 Å². The summed E-state index contributed by atoms with van der Waals surface area (Å²) >= 11 is 3.38. The molecular formula is C12H12BrNO. The number of benzene rings is 2. The molecule has 0 saturated carbocycles. The van der Waals surface area contributed by atoms with Gasteiger partial charge < -0.3 is 10.8 Å². The smallest absolute Gasteiger partial charge is 0.123 e. The standard InChI is InChI=1S/C12H12BrNO/c13-10-2-1-9-5-8(3-4-14)6-12(15)11(9)7-10/h1-2,5-7,15H,3-4,14H2. The van der Waals surface area contributed by atoms with Gasteiger partial charge in [-0.15, -0.1) is 0 Å². The van der Waals surface area contributed by atoms with Crippen LogP contribution in [0.25, 0.3) is 10.8 Å². The maximum atomic E-state index is 9.84. The molecule has 3 N–H and O–H groups in total. The van der Waals surface area contributed by atoms with Gasteiger partial charge in [0.2, 0.25) is 0 Å². The van der Waals surface area contributed by atoms with Crippen molar-refractivity contribution in [2.75, 3.05) is 6.54 Å². The molecule has 0 atom stereocenters. The number of hydrogen-bond donors (Lipinski definition) is 2. The number of rotatable bonds is 2. The molecule has 2 nitrogen and oxygen atoms in total. The van der Waals surface area contributed by atoms with Crippen LogP contribution in [0.5, 0.6) is 5.75 Å². The van der Waals surface area contributed by atoms with Gasteiger partial charge in [-0.1, -0.05) is 28.1 Å². The van der Waals surface area contributed by atoms with Crippen molar-refractivity contribution < 1.29 is 5.11 Å². The second-order valence-electron chi connectivity index (χ2n) is 3.52. The van der Waals surface area contributed by atoms with Crippen LogP contribution in [-0.2, 0) is 6.42 Å². The van der Waals surface area contributed by atoms with Gasteiger partial charge in [0.15, 0.2) is 0 Å². The summed E-state index contributed by atoms with van der Waals surface area (Å²) in [6.45, 7) is 0.599. The highest BCUT2D eigenvalue weighted by Gasteiger charge is 2.03. The SMILES string of the molecule is NCCc1cc(O)c2cc(Br)ccc2c1. The molecule has 2 rings (SSSR count). The van der Waals surface area contributed by atoms with E-state index < -0.39 is 0 Å². The first kappa shape index (κ1) is 10.5. The van der Waals surface area contributed by atoms with Crippen LogP contribution >= 0.6 is 15.9 Å². The summed E-state index contributed by atoms with van der Waals surface area (Å²) in [6, 6.07) is 9.71. The summed E-state index contributed by atoms with van der Waals surface area (Å²) in [6.07, 6.45) is 0.791. The van der Waals surface area contributed by atoms with Gasteiger partial charge in [0, 0.05) is 9.86 Å². The quantitative estimate of drug-likeness (QED) is 0.877. The molecule has 15 heavy (non-hydrogen) atoms. The van der Waals surface area contributed by atoms with Crippen molar-refractivity contribution in [2.24, 2.45) is 5.73 Å². The summed E-state index contributed by atoms with van der Waals surface area (Å²) in [7, 11) is 0. The molecule has 0 aliphatic carbocycles. The Kier molecular flexibility index (Phi) is 2.93. The lowest BCUT2D eigenvalue weighted by atomic mass is 10.0. The van der Waals surface area contributed by atoms with Crippen molar-refractivity contribution in [3.05, 3.63) is 40.4 Å². The zero-order valence-corrected chi connectivity index (χ0v) is 9.79. The zero-order chi connectivity index (χ0) is 10.8. The molecule has 0 radical (unpaired) electrons. The van der Waals surface area contributed by atoms with Gasteiger partial charge in [-0.2, -0.15) is 0 Å². The second kappa shape index (κ2) is 4.21. The Labute approximate surface area is 96.8 Å². The van der Waals surface area contributed by atoms with E-state index in [0.29, 0.717) is 12.3 Å². The molecular weight excluding hydrogens is 254 g/mol. The van der Waals surface area contributed by atoms with Crippen LogP contribution in [0.2, 0.25) is 0 Å². The van der Waals surface area contributed by atoms with Gasteiger partial charge in [-0.3, -0.25) is 0 Å². The third kappa shape index (κ3) is 2.13. The highest BCUT2D eigenvalue weighted by molar-refractivity contribution is 9.10. The number of nitrogens with two attached hydrogens (primary N) is 1. The number of phenols is 1. The van der Waals surface area contributed by atoms with Gasteiger partial charge in [0.05, 0.1) is 0 Å². The molecule has 2 aromatic carbocycles. The minimum absolute atomic E-state index is 0.317. The summed E-state index contributed by atoms with van der Waals surface area (Å²) in [5.74, 6) is 0.317. The van der Waals surface area contributed by atoms with E-state index in [0.717, 1.165) is 27.2 Å². The number of aromatic hydroxyl groups is 1. The Hall–Kier alpha value is -1.06. The molecule has 2 aromatic rings. The van der Waals surface area contributed by atoms with Crippen LogP contribution < -0.4 is 5.73 Å². The van der Waals surface area contributed by atoms with E-state index in [2.05, 4.69) is 22.0 Å². The average molecular weight is 266 g/mol. The second-order valence-corrected chi connectivity index (χ2v) is 4.43. The monoisotopic (exact) mass is 265 g/mol. The van der Waals surface area contributed by atoms with Crippen LogP contribution in [0.3, 0.4) is 0 Å². The van der Waals surface area contributed by atoms with E-state index in [4.69, 9.17) is 5.73 Å². The van der Waals surface area contributed by atoms with E-state index in [9.17, 15) is 5.11 Å². The summed E-state index contributed by atoms with van der Waals surface area (Å²) < 4.78 is 0.969. The Morgan fingerprint density at radius 2 is 2.00 bits per heavy atom. The molecule has 0 aromatic heterocycles. The van der Waals surface area contributed by atoms with Crippen LogP contribution in [0.15, 0.2) is 34.8 Å². The third-order valence-corrected chi connectivity index (χ3v) is 2.88. The van der Waals surface area contributed by atoms with Gasteiger partial charge in [-0.25, -0.2) is 0 Å². The van der Waals surface area contributed by atoms with Crippen molar-refractivity contribution >= 4 is 26.7 Å². The number of phenolic OH excluding ortho intramolecular Hbond substituents is 1. The largest absolute Gasteiger partial charge is 0.507 e. The van der Waals surface area contributed by atoms with Crippen LogP contribution in [0.4, 0.5) is 0 Å². The Morgan fingerprint density at radius 1 is 1.20 bits per heavy atom. The van der Waals surface area contributed by atoms with Crippen molar-refractivity contribution in [2.45, 2.75) is 6.42 Å². The maximum Gasteiger partial charge on any atom is 0.123 e. The highest BCUT2D eigenvalue weighted by Crippen LogP contribution is 2.29. The molecule has 0 aliphatic heterocycles. The predicted octanol–water partition coefficient (Wildman–Crippen LogP) is 2.81. The van der Waals surface area contributed by atoms with Crippen LogP contribution in [-0.4, -0.2) is 11.7 Å². The topological polar surface area (TPSA) is 46.2 Å². The van der Waals surface area contributed by atoms with Gasteiger partial charge in [-0.05, 0) is 42.1 Å². The fraction of sp³-hybridized carbons (Fsp3) is 0.167. The number of fused-ring (bicyclic) bond motifs is 1. The van der Waals surface area contributed by atoms with Crippen molar-refractivity contribution in [1.29, 1.82) is 0 Å². The number of halogens is 1. The van der Waals surface area contributed by atoms with E-state index in [1.54, 1.807) is 6.07 Å². The van der Waals surface area contributed by atoms with Crippen molar-refractivity contribution in [1.82, 2.24) is 0 Å². The molecule has 0 heterocycles. The fourth-order valence-electron chi connectivity index (χ4n) is 1.68. The zero-order valence-electron chi connectivity index (χ0n) is 8.20. The lowest BCUT2D eigenvalue weighted by molar-refractivity contribution is 0.481. The molecule has 3 heteroatoms. The summed E-state index contributed by atoms with van der Waals surface area (Å²) in [5.41, 5.74) is 6.56. The average Bonchev–Trinajstić information content (AvgIpc) is 2.20. The minimum atomic E-state index is 0.317. The van der Waals surface area contributed by atoms with Gasteiger partial charge in [0.1, 0.15) is 5.75 Å². The maximum absolute atomic E-state index is 9.84. The molecule has 0 fully saturated rings. The van der Waals surface area contributed by atoms with Crippen LogP contribution in [0, 0.1) is 0 Å². The molecule has 0 bridgehead atoms. The molecule has 0 amide bonds. The van der Waals surface area contributed by atoms with Crippen LogP contribution in [0.1, 0.15) is 5.56 Å². The minimum Gasteiger partial charge on any atom is -0.507 e. The highest BCUT2D eigenvalue weighted by atomic mass is 79.9. The molecule has 0 spiro atoms. The fourth-order valence-corrected chi connectivity index (χ4v) is 2.04. The Bertz CT molecular complexity index is 496. The first-order valence-corrected chi connectivity index (χ1v) is 5.61. The van der Waals surface area contributed by atoms with Crippen molar-refractivity contribution in [3.63, 3.8) is 0 Å². The summed E-state index contributed by atoms with van der Waals surface area (Å²) in [5, 5.41) is 11.8. The summed E-state index contributed by atoms with van der Waals surface area (Å²) in [4.78, 5) is 0. The van der Waals surface area contributed by atoms with E-state index in [1.165, 1.54) is 0 Å². The molecule has 0 aliphatic rings. The van der Waals surface area contributed by atoms with Gasteiger partial charge in [0.25, 0.3) is 0 Å². The Balaban J connectivity index is 2.62. The normalized spacial score (nSPS) is 10.8. The molecule has 0 unspecified atom stereocenters. The first-order valence-electron chi connectivity index (χ1n) is 4.82. The van der Waals surface area contributed by atoms with Gasteiger partial charge >= 0.3 is 0 Å². The van der Waals surface area contributed by atoms with E-state index in [-0.39, 0.29) is 0 Å². The first-order chi connectivity index (χ1) is 7.20. The van der Waals surface area contributed by atoms with E-state index >= 15 is 0 Å².